The van der Waals surface area contributed by atoms with Crippen molar-refractivity contribution in [2.24, 2.45) is 0 Å². The first kappa shape index (κ1) is 15.1. The molecule has 118 valence electrons. The molecule has 0 radical (unpaired) electrons. The first-order valence-corrected chi connectivity index (χ1v) is 7.54. The summed E-state index contributed by atoms with van der Waals surface area (Å²) in [6.07, 6.45) is 3.57. The van der Waals surface area contributed by atoms with Crippen LogP contribution in [0.3, 0.4) is 0 Å². The third-order valence-corrected chi connectivity index (χ3v) is 3.67. The molecule has 1 aromatic carbocycles. The number of hydrogen-bond donors (Lipinski definition) is 2. The van der Waals surface area contributed by atoms with Crippen LogP contribution in [0.25, 0.3) is 5.52 Å². The summed E-state index contributed by atoms with van der Waals surface area (Å²) >= 11 is 0. The van der Waals surface area contributed by atoms with Crippen molar-refractivity contribution in [2.45, 2.75) is 26.2 Å². The lowest BCUT2D eigenvalue weighted by Crippen LogP contribution is -2.21. The Morgan fingerprint density at radius 2 is 1.78 bits per heavy atom. The van der Waals surface area contributed by atoms with Crippen LogP contribution >= 0.6 is 0 Å². The van der Waals surface area contributed by atoms with Crippen LogP contribution in [0.5, 0.6) is 0 Å². The Kier molecular flexibility index (Phi) is 3.78. The van der Waals surface area contributed by atoms with Gasteiger partial charge in [-0.1, -0.05) is 39.0 Å². The van der Waals surface area contributed by atoms with E-state index >= 15 is 0 Å². The van der Waals surface area contributed by atoms with Crippen molar-refractivity contribution < 1.29 is 4.79 Å². The number of benzene rings is 1. The van der Waals surface area contributed by atoms with Crippen molar-refractivity contribution in [1.29, 1.82) is 0 Å². The molecule has 0 saturated carbocycles. The van der Waals surface area contributed by atoms with Gasteiger partial charge < -0.3 is 5.32 Å². The number of nitrogens with one attached hydrogen (secondary N) is 2. The predicted molar refractivity (Wildman–Crippen MR) is 93.0 cm³/mol. The molecule has 0 spiro atoms. The second-order valence-corrected chi connectivity index (χ2v) is 6.48. The predicted octanol–water partition coefficient (Wildman–Crippen LogP) is 4.28. The van der Waals surface area contributed by atoms with Gasteiger partial charge in [-0.2, -0.15) is 0 Å². The van der Waals surface area contributed by atoms with Gasteiger partial charge in [0.15, 0.2) is 0 Å². The Hall–Kier alpha value is -2.82. The number of aromatic nitrogens is 2. The standard InChI is InChI=1S/C18H20N4O/c1-18(2,3)13-7-9-14(10-8-13)20-17(23)21-16-19-12-15-6-4-5-11-22(15)16/h4-12H,1-3H3,(H2,19,20,21,23). The van der Waals surface area contributed by atoms with Gasteiger partial charge in [0.05, 0.1) is 11.7 Å². The van der Waals surface area contributed by atoms with Crippen molar-refractivity contribution in [3.8, 4) is 0 Å². The maximum atomic E-state index is 12.1. The van der Waals surface area contributed by atoms with Gasteiger partial charge in [0.25, 0.3) is 0 Å². The van der Waals surface area contributed by atoms with E-state index in [1.165, 1.54) is 5.56 Å². The second-order valence-electron chi connectivity index (χ2n) is 6.48. The van der Waals surface area contributed by atoms with Crippen LogP contribution in [-0.2, 0) is 5.41 Å². The smallest absolute Gasteiger partial charge is 0.308 e. The highest BCUT2D eigenvalue weighted by Gasteiger charge is 2.13. The van der Waals surface area contributed by atoms with Gasteiger partial charge in [-0.15, -0.1) is 0 Å². The van der Waals surface area contributed by atoms with Crippen LogP contribution < -0.4 is 10.6 Å². The minimum absolute atomic E-state index is 0.0928. The first-order chi connectivity index (χ1) is 10.9. The molecule has 2 N–H and O–H groups in total. The van der Waals surface area contributed by atoms with Crippen molar-refractivity contribution in [2.75, 3.05) is 10.6 Å². The van der Waals surface area contributed by atoms with Crippen molar-refractivity contribution in [3.05, 3.63) is 60.4 Å². The van der Waals surface area contributed by atoms with E-state index in [1.807, 2.05) is 53.1 Å². The van der Waals surface area contributed by atoms with Gasteiger partial charge in [0, 0.05) is 11.9 Å². The fourth-order valence-electron chi connectivity index (χ4n) is 2.35. The van der Waals surface area contributed by atoms with E-state index in [-0.39, 0.29) is 11.4 Å². The van der Waals surface area contributed by atoms with E-state index in [0.717, 1.165) is 11.2 Å². The lowest BCUT2D eigenvalue weighted by molar-refractivity contribution is 0.262. The Morgan fingerprint density at radius 3 is 2.48 bits per heavy atom. The van der Waals surface area contributed by atoms with Crippen LogP contribution in [0.1, 0.15) is 26.3 Å². The van der Waals surface area contributed by atoms with Gasteiger partial charge >= 0.3 is 6.03 Å². The summed E-state index contributed by atoms with van der Waals surface area (Å²) in [7, 11) is 0. The molecule has 0 aliphatic heterocycles. The normalized spacial score (nSPS) is 11.4. The average Bonchev–Trinajstić information content (AvgIpc) is 2.90. The number of pyridine rings is 1. The van der Waals surface area contributed by atoms with Crippen molar-refractivity contribution in [1.82, 2.24) is 9.38 Å². The number of nitrogens with zero attached hydrogens (tertiary/aromatic N) is 2. The second kappa shape index (κ2) is 5.76. The molecule has 2 aromatic heterocycles. The highest BCUT2D eigenvalue weighted by Crippen LogP contribution is 2.23. The van der Waals surface area contributed by atoms with Gasteiger partial charge in [-0.3, -0.25) is 9.72 Å². The molecule has 2 heterocycles. The molecular formula is C18H20N4O. The Bertz CT molecular complexity index is 828. The quantitative estimate of drug-likeness (QED) is 0.742. The van der Waals surface area contributed by atoms with Gasteiger partial charge in [0.1, 0.15) is 0 Å². The lowest BCUT2D eigenvalue weighted by Gasteiger charge is -2.19. The summed E-state index contributed by atoms with van der Waals surface area (Å²) in [5.74, 6) is 0.490. The molecule has 0 unspecified atom stereocenters. The van der Waals surface area contributed by atoms with Crippen molar-refractivity contribution >= 4 is 23.2 Å². The minimum atomic E-state index is -0.315. The molecule has 5 heteroatoms. The third kappa shape index (κ3) is 3.34. The zero-order valence-corrected chi connectivity index (χ0v) is 13.5. The number of rotatable bonds is 2. The number of carbonyl (C=O) groups excluding carboxylic acids is 1. The maximum Gasteiger partial charge on any atom is 0.326 e. The highest BCUT2D eigenvalue weighted by atomic mass is 16.2. The molecule has 0 atom stereocenters. The average molecular weight is 308 g/mol. The summed E-state index contributed by atoms with van der Waals surface area (Å²) in [5.41, 5.74) is 2.99. The molecule has 23 heavy (non-hydrogen) atoms. The summed E-state index contributed by atoms with van der Waals surface area (Å²) in [6, 6.07) is 13.3. The molecule has 0 aliphatic rings. The van der Waals surface area contributed by atoms with Gasteiger partial charge in [-0.25, -0.2) is 9.78 Å². The Morgan fingerprint density at radius 1 is 1.04 bits per heavy atom. The van der Waals surface area contributed by atoms with E-state index in [2.05, 4.69) is 36.4 Å². The summed E-state index contributed by atoms with van der Waals surface area (Å²) in [6.45, 7) is 6.47. The molecular weight excluding hydrogens is 288 g/mol. The van der Waals surface area contributed by atoms with Gasteiger partial charge in [0.2, 0.25) is 5.95 Å². The molecule has 2 amide bonds. The third-order valence-electron chi connectivity index (χ3n) is 3.67. The SMILES string of the molecule is CC(C)(C)c1ccc(NC(=O)Nc2ncc3ccccn23)cc1. The number of anilines is 2. The molecule has 0 bridgehead atoms. The zero-order chi connectivity index (χ0) is 16.4. The largest absolute Gasteiger partial charge is 0.326 e. The first-order valence-electron chi connectivity index (χ1n) is 7.54. The topological polar surface area (TPSA) is 58.4 Å². The number of imidazole rings is 1. The number of fused-ring (bicyclic) bond motifs is 1. The number of hydrogen-bond acceptors (Lipinski definition) is 2. The molecule has 0 aliphatic carbocycles. The monoisotopic (exact) mass is 308 g/mol. The van der Waals surface area contributed by atoms with E-state index in [0.29, 0.717) is 5.95 Å². The van der Waals surface area contributed by atoms with Crippen LogP contribution in [0.2, 0.25) is 0 Å². The molecule has 5 nitrogen and oxygen atoms in total. The lowest BCUT2D eigenvalue weighted by atomic mass is 9.87. The van der Waals surface area contributed by atoms with Crippen LogP contribution in [-0.4, -0.2) is 15.4 Å². The summed E-state index contributed by atoms with van der Waals surface area (Å²) in [4.78, 5) is 16.3. The minimum Gasteiger partial charge on any atom is -0.308 e. The van der Waals surface area contributed by atoms with Crippen LogP contribution in [0.15, 0.2) is 54.9 Å². The molecule has 3 rings (SSSR count). The van der Waals surface area contributed by atoms with E-state index in [1.54, 1.807) is 6.20 Å². The molecule has 0 fully saturated rings. The number of amides is 2. The van der Waals surface area contributed by atoms with Gasteiger partial charge in [-0.05, 0) is 35.2 Å². The zero-order valence-electron chi connectivity index (χ0n) is 13.5. The maximum absolute atomic E-state index is 12.1. The summed E-state index contributed by atoms with van der Waals surface area (Å²) < 4.78 is 1.82. The fraction of sp³-hybridized carbons (Fsp3) is 0.222. The highest BCUT2D eigenvalue weighted by molar-refractivity contribution is 5.98. The Balaban J connectivity index is 1.70. The van der Waals surface area contributed by atoms with Crippen LogP contribution in [0, 0.1) is 0 Å². The van der Waals surface area contributed by atoms with E-state index in [9.17, 15) is 4.79 Å². The van der Waals surface area contributed by atoms with Crippen molar-refractivity contribution in [3.63, 3.8) is 0 Å². The Labute approximate surface area is 135 Å². The summed E-state index contributed by atoms with van der Waals surface area (Å²) in [5, 5.41) is 5.58. The fourth-order valence-corrected chi connectivity index (χ4v) is 2.35. The molecule has 3 aromatic rings. The van der Waals surface area contributed by atoms with Crippen LogP contribution in [0.4, 0.5) is 16.4 Å². The van der Waals surface area contributed by atoms with E-state index in [4.69, 9.17) is 0 Å². The van der Waals surface area contributed by atoms with E-state index < -0.39 is 0 Å². The number of urea groups is 1. The number of carbonyl (C=O) groups is 1. The molecule has 0 saturated heterocycles.